The first-order valence-electron chi connectivity index (χ1n) is 8.97. The van der Waals surface area contributed by atoms with Crippen molar-refractivity contribution in [3.05, 3.63) is 0 Å². The van der Waals surface area contributed by atoms with Crippen LogP contribution in [0.3, 0.4) is 0 Å². The molecule has 24 heavy (non-hydrogen) atoms. The van der Waals surface area contributed by atoms with Gasteiger partial charge in [0.2, 0.25) is 0 Å². The normalized spacial score (nSPS) is 14.8. The van der Waals surface area contributed by atoms with Gasteiger partial charge in [-0.05, 0) is 44.7 Å². The van der Waals surface area contributed by atoms with Crippen molar-refractivity contribution in [1.82, 2.24) is 0 Å². The molecule has 1 N–H and O–H groups in total. The first-order chi connectivity index (χ1) is 11.3. The monoisotopic (exact) mass is 430 g/mol. The third-order valence-electron chi connectivity index (χ3n) is 3.40. The van der Waals surface area contributed by atoms with E-state index in [1.807, 2.05) is 0 Å². The summed E-state index contributed by atoms with van der Waals surface area (Å²) in [5, 5.41) is 8.64. The highest BCUT2D eigenvalue weighted by atomic mass is 28.5. The fraction of sp³-hybridized carbons (Fsp3) is 1.00. The Hall–Kier alpha value is 0.844. The van der Waals surface area contributed by atoms with Crippen LogP contribution in [-0.2, 0) is 21.2 Å². The molecule has 0 aliphatic carbocycles. The molecule has 0 bridgehead atoms. The van der Waals surface area contributed by atoms with E-state index < -0.39 is 36.2 Å². The molecule has 0 aliphatic rings. The Kier molecular flexibility index (Phi) is 14.5. The van der Waals surface area contributed by atoms with E-state index in [1.54, 1.807) is 0 Å². The van der Waals surface area contributed by atoms with Gasteiger partial charge in [0.25, 0.3) is 0 Å². The van der Waals surface area contributed by atoms with Crippen LogP contribution in [0.4, 0.5) is 0 Å². The van der Waals surface area contributed by atoms with Crippen LogP contribution in [-0.4, -0.2) is 71.6 Å². The molecular weight excluding hydrogens is 393 g/mol. The highest BCUT2D eigenvalue weighted by molar-refractivity contribution is 6.84. The minimum atomic E-state index is -2.19. The van der Waals surface area contributed by atoms with E-state index in [-0.39, 0.29) is 6.61 Å². The minimum Gasteiger partial charge on any atom is -0.436 e. The topological polar surface area (TPSA) is 66.4 Å². The number of hydrogen-bond acceptors (Lipinski definition) is 6. The molecular formula is C13H38O6Si5. The molecule has 0 heterocycles. The van der Waals surface area contributed by atoms with Gasteiger partial charge in [-0.3, -0.25) is 0 Å². The van der Waals surface area contributed by atoms with Crippen molar-refractivity contribution in [2.45, 2.75) is 64.5 Å². The van der Waals surface area contributed by atoms with E-state index >= 15 is 0 Å². The zero-order valence-corrected chi connectivity index (χ0v) is 23.0. The molecule has 0 spiro atoms. The van der Waals surface area contributed by atoms with Crippen LogP contribution in [0.5, 0.6) is 0 Å². The molecule has 0 saturated heterocycles. The molecule has 0 amide bonds. The molecule has 1 atom stereocenters. The molecule has 0 rings (SSSR count). The highest BCUT2D eigenvalue weighted by Crippen LogP contribution is 2.22. The van der Waals surface area contributed by atoms with E-state index in [2.05, 4.69) is 33.1 Å². The molecule has 11 heteroatoms. The van der Waals surface area contributed by atoms with Gasteiger partial charge in [0.05, 0.1) is 13.2 Å². The third kappa shape index (κ3) is 14.1. The summed E-state index contributed by atoms with van der Waals surface area (Å²) in [6.45, 7) is 12.2. The van der Waals surface area contributed by atoms with Crippen LogP contribution in [0.15, 0.2) is 0 Å². The largest absolute Gasteiger partial charge is 0.453 e. The van der Waals surface area contributed by atoms with Gasteiger partial charge < -0.3 is 26.3 Å². The van der Waals surface area contributed by atoms with E-state index in [4.69, 9.17) is 26.3 Å². The van der Waals surface area contributed by atoms with E-state index in [1.165, 1.54) is 18.9 Å². The lowest BCUT2D eigenvalue weighted by Gasteiger charge is -2.35. The number of aliphatic hydroxyl groups is 1. The Morgan fingerprint density at radius 1 is 1.12 bits per heavy atom. The van der Waals surface area contributed by atoms with E-state index in [0.717, 1.165) is 12.5 Å². The van der Waals surface area contributed by atoms with Crippen LogP contribution in [0.2, 0.25) is 38.3 Å². The lowest BCUT2D eigenvalue weighted by atomic mass is 10.4. The average molecular weight is 431 g/mol. The summed E-state index contributed by atoms with van der Waals surface area (Å²) < 4.78 is 29.5. The number of aliphatic hydroxyl groups excluding tert-OH is 1. The predicted octanol–water partition coefficient (Wildman–Crippen LogP) is 0.658. The Morgan fingerprint density at radius 3 is 2.42 bits per heavy atom. The summed E-state index contributed by atoms with van der Waals surface area (Å²) in [6, 6.07) is 2.23. The quantitative estimate of drug-likeness (QED) is 0.287. The molecule has 146 valence electrons. The molecule has 0 aromatic rings. The van der Waals surface area contributed by atoms with Gasteiger partial charge in [-0.2, -0.15) is 0 Å². The second-order valence-electron chi connectivity index (χ2n) is 6.92. The molecule has 0 radical (unpaired) electrons. The minimum absolute atomic E-state index is 0.0860. The van der Waals surface area contributed by atoms with Gasteiger partial charge in [0.15, 0.2) is 18.1 Å². The molecule has 0 saturated carbocycles. The van der Waals surface area contributed by atoms with Gasteiger partial charge in [-0.15, -0.1) is 0 Å². The Bertz CT molecular complexity index is 309. The van der Waals surface area contributed by atoms with Crippen molar-refractivity contribution < 1.29 is 26.3 Å². The van der Waals surface area contributed by atoms with Crippen LogP contribution in [0, 0.1) is 0 Å². The fourth-order valence-electron chi connectivity index (χ4n) is 2.38. The van der Waals surface area contributed by atoms with E-state index in [0.29, 0.717) is 23.7 Å². The summed E-state index contributed by atoms with van der Waals surface area (Å²) in [5.74, 6) is 0. The lowest BCUT2D eigenvalue weighted by Crippen LogP contribution is -2.50. The average Bonchev–Trinajstić information content (AvgIpc) is 2.49. The highest BCUT2D eigenvalue weighted by Gasteiger charge is 2.37. The summed E-state index contributed by atoms with van der Waals surface area (Å²) in [5.41, 5.74) is 0. The van der Waals surface area contributed by atoms with Gasteiger partial charge in [0.1, 0.15) is 10.5 Å². The van der Waals surface area contributed by atoms with Crippen LogP contribution in [0.1, 0.15) is 26.2 Å². The van der Waals surface area contributed by atoms with Gasteiger partial charge in [0, 0.05) is 6.61 Å². The second kappa shape index (κ2) is 14.0. The number of unbranched alkanes of at least 4 members (excludes halogenated alkanes) is 1. The predicted molar refractivity (Wildman–Crippen MR) is 112 cm³/mol. The van der Waals surface area contributed by atoms with Crippen LogP contribution < -0.4 is 0 Å². The Morgan fingerprint density at radius 2 is 1.83 bits per heavy atom. The van der Waals surface area contributed by atoms with Gasteiger partial charge in [-0.1, -0.05) is 19.8 Å². The van der Waals surface area contributed by atoms with Crippen LogP contribution in [0.25, 0.3) is 0 Å². The summed E-state index contributed by atoms with van der Waals surface area (Å²) in [7, 11) is -5.87. The maximum absolute atomic E-state index is 8.64. The standard InChI is InChI=1S/C13H38O6Si5/c1-6-7-13-23(2,3)19-24(4,5)18-22(16-20)17-21-12-8-10-15-11-9-14/h14,22H,6-13,21H2,1-5,20H3. The van der Waals surface area contributed by atoms with Gasteiger partial charge >= 0.3 is 18.1 Å². The van der Waals surface area contributed by atoms with Crippen molar-refractivity contribution in [2.24, 2.45) is 0 Å². The maximum Gasteiger partial charge on any atom is 0.453 e. The van der Waals surface area contributed by atoms with Gasteiger partial charge in [-0.25, -0.2) is 0 Å². The first kappa shape index (κ1) is 24.8. The summed E-state index contributed by atoms with van der Waals surface area (Å²) in [4.78, 5) is 0. The Balaban J connectivity index is 4.09. The zero-order chi connectivity index (χ0) is 18.5. The van der Waals surface area contributed by atoms with Crippen molar-refractivity contribution in [1.29, 1.82) is 0 Å². The zero-order valence-electron chi connectivity index (χ0n) is 16.4. The molecule has 6 nitrogen and oxygen atoms in total. The number of rotatable bonds is 16. The smallest absolute Gasteiger partial charge is 0.436 e. The SMILES string of the molecule is CCCC[Si](C)(C)O[Si](C)(C)O[SiH](O[SiH3])O[SiH2]CCCOCCO. The lowest BCUT2D eigenvalue weighted by molar-refractivity contribution is 0.0926. The van der Waals surface area contributed by atoms with Crippen molar-refractivity contribution in [3.63, 3.8) is 0 Å². The van der Waals surface area contributed by atoms with Crippen molar-refractivity contribution >= 4 is 46.7 Å². The van der Waals surface area contributed by atoms with Crippen molar-refractivity contribution in [2.75, 3.05) is 19.8 Å². The maximum atomic E-state index is 8.64. The summed E-state index contributed by atoms with van der Waals surface area (Å²) >= 11 is 0. The molecule has 0 fully saturated rings. The molecule has 0 aliphatic heterocycles. The third-order valence-corrected chi connectivity index (χ3v) is 16.5. The Labute approximate surface area is 157 Å². The number of ether oxygens (including phenoxy) is 1. The summed E-state index contributed by atoms with van der Waals surface area (Å²) in [6.07, 6.45) is 3.41. The molecule has 0 aromatic heterocycles. The van der Waals surface area contributed by atoms with Crippen molar-refractivity contribution in [3.8, 4) is 0 Å². The number of hydrogen-bond donors (Lipinski definition) is 1. The second-order valence-corrected chi connectivity index (χ2v) is 20.4. The fourth-order valence-corrected chi connectivity index (χ4v) is 17.5. The first-order valence-corrected chi connectivity index (χ1v) is 18.7. The molecule has 0 aromatic carbocycles. The van der Waals surface area contributed by atoms with E-state index in [9.17, 15) is 0 Å². The van der Waals surface area contributed by atoms with Crippen LogP contribution >= 0.6 is 0 Å². The molecule has 1 unspecified atom stereocenters.